The van der Waals surface area contributed by atoms with Crippen molar-refractivity contribution in [1.29, 1.82) is 0 Å². The van der Waals surface area contributed by atoms with Gasteiger partial charge in [0.1, 0.15) is 11.3 Å². The highest BCUT2D eigenvalue weighted by molar-refractivity contribution is 7.07. The average Bonchev–Trinajstić information content (AvgIpc) is 3.51. The normalized spacial score (nSPS) is 11.9. The van der Waals surface area contributed by atoms with Gasteiger partial charge in [0.2, 0.25) is 0 Å². The van der Waals surface area contributed by atoms with Crippen molar-refractivity contribution >= 4 is 28.0 Å². The van der Waals surface area contributed by atoms with Crippen molar-refractivity contribution in [3.05, 3.63) is 88.5 Å². The van der Waals surface area contributed by atoms with Gasteiger partial charge < -0.3 is 23.2 Å². The molecule has 0 unspecified atom stereocenters. The van der Waals surface area contributed by atoms with Gasteiger partial charge in [-0.1, -0.05) is 24.3 Å². The van der Waals surface area contributed by atoms with Crippen LogP contribution in [0.2, 0.25) is 0 Å². The number of fused-ring (bicyclic) bond motifs is 1. The molecule has 37 heavy (non-hydrogen) atoms. The number of aromatic nitrogens is 1. The fourth-order valence-corrected chi connectivity index (χ4v) is 4.97. The summed E-state index contributed by atoms with van der Waals surface area (Å²) in [5.41, 5.74) is 3.41. The summed E-state index contributed by atoms with van der Waals surface area (Å²) in [6, 6.07) is 22.0. The highest BCUT2D eigenvalue weighted by Gasteiger charge is 2.14. The molecule has 2 heterocycles. The number of aryl methyl sites for hydroxylation is 1. The van der Waals surface area contributed by atoms with E-state index in [0.29, 0.717) is 30.2 Å². The van der Waals surface area contributed by atoms with E-state index >= 15 is 0 Å². The van der Waals surface area contributed by atoms with Gasteiger partial charge in [-0.25, -0.2) is 4.99 Å². The molecule has 190 valence electrons. The zero-order valence-corrected chi connectivity index (χ0v) is 21.0. The Kier molecular flexibility index (Phi) is 7.23. The summed E-state index contributed by atoms with van der Waals surface area (Å²) in [6.45, 7) is -2.25. The quantitative estimate of drug-likeness (QED) is 0.208. The Morgan fingerprint density at radius 2 is 1.73 bits per heavy atom. The van der Waals surface area contributed by atoms with Crippen LogP contribution in [0.4, 0.5) is 14.5 Å². The lowest BCUT2D eigenvalue weighted by molar-refractivity contribution is -0.0498. The van der Waals surface area contributed by atoms with Gasteiger partial charge in [-0.2, -0.15) is 8.78 Å². The largest absolute Gasteiger partial charge is 0.493 e. The van der Waals surface area contributed by atoms with Gasteiger partial charge in [0, 0.05) is 17.3 Å². The maximum Gasteiger partial charge on any atom is 0.387 e. The Bertz CT molecular complexity index is 1540. The molecule has 0 N–H and O–H groups in total. The van der Waals surface area contributed by atoms with E-state index in [-0.39, 0.29) is 5.75 Å². The number of alkyl halides is 2. The fraction of sp³-hybridized carbons (Fsp3) is 0.179. The Balaban J connectivity index is 1.52. The van der Waals surface area contributed by atoms with Crippen molar-refractivity contribution in [2.24, 2.45) is 4.99 Å². The maximum atomic E-state index is 12.5. The average molecular weight is 523 g/mol. The van der Waals surface area contributed by atoms with Gasteiger partial charge in [-0.15, -0.1) is 11.3 Å². The van der Waals surface area contributed by atoms with Crippen LogP contribution in [0.15, 0.2) is 87.6 Å². The minimum absolute atomic E-state index is 0.0874. The lowest BCUT2D eigenvalue weighted by atomic mass is 10.1. The van der Waals surface area contributed by atoms with Crippen LogP contribution < -0.4 is 19.0 Å². The van der Waals surface area contributed by atoms with E-state index in [4.69, 9.17) is 18.9 Å². The SMILES string of the molecule is COc1ccc(CCn2c(-c3cc4ccccc4o3)csc2=Nc2ccc(OC(F)F)cc2)cc1OC. The van der Waals surface area contributed by atoms with E-state index in [0.717, 1.165) is 32.8 Å². The number of benzene rings is 3. The molecule has 9 heteroatoms. The lowest BCUT2D eigenvalue weighted by Gasteiger charge is -2.11. The van der Waals surface area contributed by atoms with Crippen molar-refractivity contribution in [1.82, 2.24) is 4.57 Å². The topological polar surface area (TPSA) is 58.1 Å². The number of halogens is 2. The number of ether oxygens (including phenoxy) is 3. The van der Waals surface area contributed by atoms with Crippen LogP contribution in [0.25, 0.3) is 22.4 Å². The first-order valence-corrected chi connectivity index (χ1v) is 12.4. The van der Waals surface area contributed by atoms with E-state index in [1.165, 1.54) is 23.5 Å². The summed E-state index contributed by atoms with van der Waals surface area (Å²) in [7, 11) is 3.22. The second kappa shape index (κ2) is 10.9. The van der Waals surface area contributed by atoms with Gasteiger partial charge in [-0.05, 0) is 60.5 Å². The molecule has 0 aliphatic heterocycles. The summed E-state index contributed by atoms with van der Waals surface area (Å²) in [6.07, 6.45) is 0.707. The fourth-order valence-electron chi connectivity index (χ4n) is 4.03. The molecule has 0 saturated carbocycles. The first kappa shape index (κ1) is 24.6. The molecule has 0 aliphatic carbocycles. The van der Waals surface area contributed by atoms with Crippen LogP contribution in [0.1, 0.15) is 5.56 Å². The first-order chi connectivity index (χ1) is 18.0. The number of hydrogen-bond donors (Lipinski definition) is 0. The summed E-state index contributed by atoms with van der Waals surface area (Å²) in [5, 5.41) is 3.03. The molecule has 0 saturated heterocycles. The number of nitrogens with zero attached hydrogens (tertiary/aromatic N) is 2. The third kappa shape index (κ3) is 5.51. The van der Waals surface area contributed by atoms with Gasteiger partial charge in [0.25, 0.3) is 0 Å². The van der Waals surface area contributed by atoms with Crippen LogP contribution in [0.5, 0.6) is 17.2 Å². The molecule has 0 amide bonds. The van der Waals surface area contributed by atoms with Crippen molar-refractivity contribution < 1.29 is 27.4 Å². The smallest absolute Gasteiger partial charge is 0.387 e. The van der Waals surface area contributed by atoms with E-state index in [2.05, 4.69) is 9.30 Å². The number of furan rings is 1. The molecule has 0 atom stereocenters. The van der Waals surface area contributed by atoms with Crippen molar-refractivity contribution in [2.45, 2.75) is 19.6 Å². The second-order valence-electron chi connectivity index (χ2n) is 8.13. The predicted octanol–water partition coefficient (Wildman–Crippen LogP) is 7.06. The van der Waals surface area contributed by atoms with E-state index in [1.807, 2.05) is 53.9 Å². The second-order valence-corrected chi connectivity index (χ2v) is 8.96. The van der Waals surface area contributed by atoms with E-state index < -0.39 is 6.61 Å². The van der Waals surface area contributed by atoms with Crippen molar-refractivity contribution in [2.75, 3.05) is 14.2 Å². The summed E-state index contributed by atoms with van der Waals surface area (Å²) >= 11 is 1.48. The zero-order chi connectivity index (χ0) is 25.8. The number of rotatable bonds is 9. The molecule has 0 fully saturated rings. The molecule has 0 radical (unpaired) electrons. The highest BCUT2D eigenvalue weighted by atomic mass is 32.1. The molecular formula is C28H24F2N2O4S. The summed E-state index contributed by atoms with van der Waals surface area (Å²) in [4.78, 5) is 5.54. The highest BCUT2D eigenvalue weighted by Crippen LogP contribution is 2.30. The summed E-state index contributed by atoms with van der Waals surface area (Å²) in [5.74, 6) is 2.17. The number of thiazole rings is 1. The Morgan fingerprint density at radius 3 is 2.46 bits per heavy atom. The minimum atomic E-state index is -2.87. The Morgan fingerprint density at radius 1 is 0.946 bits per heavy atom. The van der Waals surface area contributed by atoms with Crippen LogP contribution in [0, 0.1) is 0 Å². The number of methoxy groups -OCH3 is 2. The van der Waals surface area contributed by atoms with Crippen molar-refractivity contribution in [3.63, 3.8) is 0 Å². The zero-order valence-electron chi connectivity index (χ0n) is 20.2. The van der Waals surface area contributed by atoms with Gasteiger partial charge in [0.15, 0.2) is 22.1 Å². The van der Waals surface area contributed by atoms with Gasteiger partial charge >= 0.3 is 6.61 Å². The third-order valence-electron chi connectivity index (χ3n) is 5.83. The Labute approximate surface area is 216 Å². The number of para-hydroxylation sites is 1. The molecule has 0 aliphatic rings. The van der Waals surface area contributed by atoms with Crippen LogP contribution in [0.3, 0.4) is 0 Å². The van der Waals surface area contributed by atoms with Gasteiger partial charge in [-0.3, -0.25) is 0 Å². The molecule has 2 aromatic heterocycles. The molecule has 3 aromatic carbocycles. The van der Waals surface area contributed by atoms with Gasteiger partial charge in [0.05, 0.1) is 25.6 Å². The van der Waals surface area contributed by atoms with Crippen LogP contribution >= 0.6 is 11.3 Å². The molecular weight excluding hydrogens is 498 g/mol. The first-order valence-electron chi connectivity index (χ1n) is 11.5. The molecule has 5 rings (SSSR count). The van der Waals surface area contributed by atoms with Crippen LogP contribution in [-0.4, -0.2) is 25.4 Å². The number of hydrogen-bond acceptors (Lipinski definition) is 6. The van der Waals surface area contributed by atoms with E-state index in [9.17, 15) is 8.78 Å². The van der Waals surface area contributed by atoms with E-state index in [1.54, 1.807) is 26.4 Å². The standard InChI is InChI=1S/C28H24F2N2O4S/c1-33-24-12-7-18(15-26(24)34-2)13-14-32-22(25-16-19-5-3-4-6-23(19)36-25)17-37-28(32)31-20-8-10-21(11-9-20)35-27(29)30/h3-12,15-17,27H,13-14H2,1-2H3. The van der Waals surface area contributed by atoms with Crippen molar-refractivity contribution in [3.8, 4) is 28.7 Å². The monoisotopic (exact) mass is 522 g/mol. The minimum Gasteiger partial charge on any atom is -0.493 e. The lowest BCUT2D eigenvalue weighted by Crippen LogP contribution is -2.17. The molecule has 5 aromatic rings. The predicted molar refractivity (Wildman–Crippen MR) is 139 cm³/mol. The van der Waals surface area contributed by atoms with Crippen LogP contribution in [-0.2, 0) is 13.0 Å². The molecule has 6 nitrogen and oxygen atoms in total. The maximum absolute atomic E-state index is 12.5. The molecule has 0 bridgehead atoms. The Hall–Kier alpha value is -4.11. The molecule has 0 spiro atoms. The third-order valence-corrected chi connectivity index (χ3v) is 6.70. The summed E-state index contributed by atoms with van der Waals surface area (Å²) < 4.78 is 48.5.